The summed E-state index contributed by atoms with van der Waals surface area (Å²) in [5, 5.41) is 9.21. The molecule has 0 spiro atoms. The quantitative estimate of drug-likeness (QED) is 0.900. The zero-order valence-electron chi connectivity index (χ0n) is 12.0. The minimum absolute atomic E-state index is 0.185. The number of nitrogens with zero attached hydrogens (tertiary/aromatic N) is 1. The Morgan fingerprint density at radius 2 is 2.10 bits per heavy atom. The van der Waals surface area contributed by atoms with Gasteiger partial charge in [0.25, 0.3) is 5.91 Å². The molecule has 0 aromatic heterocycles. The van der Waals surface area contributed by atoms with Gasteiger partial charge < -0.3 is 14.7 Å². The van der Waals surface area contributed by atoms with E-state index in [0.717, 1.165) is 4.47 Å². The Morgan fingerprint density at radius 3 is 2.67 bits per heavy atom. The Balaban J connectivity index is 2.01. The number of carbonyl (C=O) groups is 2. The molecule has 0 aliphatic carbocycles. The van der Waals surface area contributed by atoms with Gasteiger partial charge in [0.1, 0.15) is 5.75 Å². The second-order valence-corrected chi connectivity index (χ2v) is 6.42. The van der Waals surface area contributed by atoms with Crippen molar-refractivity contribution in [3.8, 4) is 5.75 Å². The van der Waals surface area contributed by atoms with Gasteiger partial charge in [0.15, 0.2) is 6.10 Å². The average Bonchev–Trinajstić information content (AvgIpc) is 2.84. The van der Waals surface area contributed by atoms with Crippen LogP contribution in [-0.4, -0.2) is 41.1 Å². The molecule has 0 bridgehead atoms. The van der Waals surface area contributed by atoms with Crippen LogP contribution in [0.2, 0.25) is 0 Å². The highest BCUT2D eigenvalue weighted by Gasteiger charge is 2.43. The van der Waals surface area contributed by atoms with E-state index in [0.29, 0.717) is 18.7 Å². The Kier molecular flexibility index (Phi) is 4.56. The molecular weight excluding hydrogens is 338 g/mol. The number of rotatable bonds is 4. The number of amides is 1. The third kappa shape index (κ3) is 3.37. The number of aliphatic carboxylic acids is 1. The van der Waals surface area contributed by atoms with E-state index in [1.165, 1.54) is 0 Å². The molecule has 1 aromatic carbocycles. The van der Waals surface area contributed by atoms with Gasteiger partial charge in [0.05, 0.1) is 9.89 Å². The number of hydrogen-bond donors (Lipinski definition) is 1. The molecule has 1 aliphatic heterocycles. The van der Waals surface area contributed by atoms with Crippen LogP contribution in [0.1, 0.15) is 20.3 Å². The van der Waals surface area contributed by atoms with Gasteiger partial charge in [-0.15, -0.1) is 0 Å². The third-order valence-electron chi connectivity index (χ3n) is 3.79. The topological polar surface area (TPSA) is 66.8 Å². The number of carbonyl (C=O) groups excluding carboxylic acids is 1. The first-order chi connectivity index (χ1) is 9.83. The van der Waals surface area contributed by atoms with Gasteiger partial charge in [-0.25, -0.2) is 0 Å². The highest BCUT2D eigenvalue weighted by molar-refractivity contribution is 9.10. The maximum atomic E-state index is 12.4. The maximum absolute atomic E-state index is 12.4. The number of halogens is 1. The van der Waals surface area contributed by atoms with E-state index in [2.05, 4.69) is 15.9 Å². The smallest absolute Gasteiger partial charge is 0.311 e. The van der Waals surface area contributed by atoms with Crippen LogP contribution in [0.25, 0.3) is 0 Å². The van der Waals surface area contributed by atoms with E-state index in [-0.39, 0.29) is 12.5 Å². The molecule has 1 amide bonds. The fraction of sp³-hybridized carbons (Fsp3) is 0.467. The summed E-state index contributed by atoms with van der Waals surface area (Å²) in [4.78, 5) is 25.2. The van der Waals surface area contributed by atoms with Crippen molar-refractivity contribution in [3.05, 3.63) is 28.7 Å². The number of benzene rings is 1. The molecule has 6 heteroatoms. The van der Waals surface area contributed by atoms with E-state index >= 15 is 0 Å². The average molecular weight is 356 g/mol. The Morgan fingerprint density at radius 1 is 1.43 bits per heavy atom. The Labute approximate surface area is 132 Å². The zero-order valence-corrected chi connectivity index (χ0v) is 13.6. The van der Waals surface area contributed by atoms with Gasteiger partial charge in [-0.3, -0.25) is 9.59 Å². The first-order valence-electron chi connectivity index (χ1n) is 6.77. The minimum atomic E-state index is -0.864. The second kappa shape index (κ2) is 6.05. The predicted octanol–water partition coefficient (Wildman–Crippen LogP) is 2.54. The molecule has 1 aromatic rings. The molecule has 0 radical (unpaired) electrons. The van der Waals surface area contributed by atoms with Crippen LogP contribution in [-0.2, 0) is 9.59 Å². The summed E-state index contributed by atoms with van der Waals surface area (Å²) in [6.07, 6.45) is -0.185. The van der Waals surface area contributed by atoms with E-state index < -0.39 is 17.5 Å². The molecule has 5 nitrogen and oxygen atoms in total. The molecule has 1 saturated heterocycles. The molecular formula is C15H18BrNO4. The largest absolute Gasteiger partial charge is 0.481 e. The van der Waals surface area contributed by atoms with Crippen molar-refractivity contribution in [3.63, 3.8) is 0 Å². The molecule has 1 N–H and O–H groups in total. The number of carboxylic acids is 1. The summed E-state index contributed by atoms with van der Waals surface area (Å²) in [5.41, 5.74) is -0.858. The van der Waals surface area contributed by atoms with Crippen LogP contribution in [0, 0.1) is 5.41 Å². The molecule has 2 atom stereocenters. The lowest BCUT2D eigenvalue weighted by Crippen LogP contribution is -2.41. The van der Waals surface area contributed by atoms with Crippen molar-refractivity contribution in [1.29, 1.82) is 0 Å². The predicted molar refractivity (Wildman–Crippen MR) is 81.2 cm³/mol. The summed E-state index contributed by atoms with van der Waals surface area (Å²) in [6, 6.07) is 7.31. The Bertz CT molecular complexity index is 562. The molecule has 2 rings (SSSR count). The maximum Gasteiger partial charge on any atom is 0.311 e. The molecule has 1 fully saturated rings. The highest BCUT2D eigenvalue weighted by Crippen LogP contribution is 2.31. The van der Waals surface area contributed by atoms with Gasteiger partial charge >= 0.3 is 5.97 Å². The summed E-state index contributed by atoms with van der Waals surface area (Å²) in [6.45, 7) is 4.02. The van der Waals surface area contributed by atoms with Gasteiger partial charge in [-0.2, -0.15) is 0 Å². The van der Waals surface area contributed by atoms with Crippen LogP contribution >= 0.6 is 15.9 Å². The van der Waals surface area contributed by atoms with Crippen molar-refractivity contribution in [2.24, 2.45) is 5.41 Å². The monoisotopic (exact) mass is 355 g/mol. The zero-order chi connectivity index (χ0) is 15.6. The Hall–Kier alpha value is -1.56. The van der Waals surface area contributed by atoms with Crippen LogP contribution < -0.4 is 4.74 Å². The summed E-state index contributed by atoms with van der Waals surface area (Å²) < 4.78 is 6.44. The van der Waals surface area contributed by atoms with E-state index in [1.54, 1.807) is 24.8 Å². The van der Waals surface area contributed by atoms with Crippen molar-refractivity contribution in [1.82, 2.24) is 4.90 Å². The molecule has 1 aliphatic rings. The van der Waals surface area contributed by atoms with Gasteiger partial charge in [0, 0.05) is 13.1 Å². The van der Waals surface area contributed by atoms with Gasteiger partial charge in [-0.1, -0.05) is 12.1 Å². The van der Waals surface area contributed by atoms with E-state index in [9.17, 15) is 14.7 Å². The second-order valence-electron chi connectivity index (χ2n) is 5.57. The molecule has 1 heterocycles. The van der Waals surface area contributed by atoms with Crippen LogP contribution in [0.3, 0.4) is 0 Å². The van der Waals surface area contributed by atoms with Crippen molar-refractivity contribution >= 4 is 27.8 Å². The number of likely N-dealkylation sites (tertiary alicyclic amines) is 1. The lowest BCUT2D eigenvalue weighted by molar-refractivity contribution is -0.147. The number of ether oxygens (including phenoxy) is 1. The number of para-hydroxylation sites is 1. The first kappa shape index (κ1) is 15.8. The lowest BCUT2D eigenvalue weighted by Gasteiger charge is -2.23. The molecule has 0 unspecified atom stereocenters. The standard InChI is InChI=1S/C15H18BrNO4/c1-10(21-12-6-4-3-5-11(12)16)13(18)17-8-7-15(2,9-17)14(19)20/h3-6,10H,7-9H2,1-2H3,(H,19,20)/t10-,15-/m0/s1. The van der Waals surface area contributed by atoms with Gasteiger partial charge in [0.2, 0.25) is 0 Å². The first-order valence-corrected chi connectivity index (χ1v) is 7.56. The van der Waals surface area contributed by atoms with Crippen LogP contribution in [0.15, 0.2) is 28.7 Å². The van der Waals surface area contributed by atoms with Crippen molar-refractivity contribution < 1.29 is 19.4 Å². The SMILES string of the molecule is C[C@H](Oc1ccccc1Br)C(=O)N1CC[C@](C)(C(=O)O)C1. The molecule has 21 heavy (non-hydrogen) atoms. The fourth-order valence-corrected chi connectivity index (χ4v) is 2.74. The van der Waals surface area contributed by atoms with E-state index in [4.69, 9.17) is 4.74 Å². The van der Waals surface area contributed by atoms with Crippen LogP contribution in [0.5, 0.6) is 5.75 Å². The molecule has 0 saturated carbocycles. The number of hydrogen-bond acceptors (Lipinski definition) is 3. The van der Waals surface area contributed by atoms with Crippen molar-refractivity contribution in [2.45, 2.75) is 26.4 Å². The fourth-order valence-electron chi connectivity index (χ4n) is 2.36. The van der Waals surface area contributed by atoms with E-state index in [1.807, 2.05) is 18.2 Å². The number of carboxylic acid groups (broad SMARTS) is 1. The van der Waals surface area contributed by atoms with Crippen molar-refractivity contribution in [2.75, 3.05) is 13.1 Å². The van der Waals surface area contributed by atoms with Crippen LogP contribution in [0.4, 0.5) is 0 Å². The minimum Gasteiger partial charge on any atom is -0.481 e. The lowest BCUT2D eigenvalue weighted by atomic mass is 9.90. The normalized spacial score (nSPS) is 22.9. The summed E-state index contributed by atoms with van der Waals surface area (Å²) in [7, 11) is 0. The summed E-state index contributed by atoms with van der Waals surface area (Å²) in [5.74, 6) is -0.452. The summed E-state index contributed by atoms with van der Waals surface area (Å²) >= 11 is 3.37. The third-order valence-corrected chi connectivity index (χ3v) is 4.44. The van der Waals surface area contributed by atoms with Gasteiger partial charge in [-0.05, 0) is 48.3 Å². The molecule has 114 valence electrons. The highest BCUT2D eigenvalue weighted by atomic mass is 79.9.